The van der Waals surface area contributed by atoms with E-state index in [2.05, 4.69) is 15.0 Å². The van der Waals surface area contributed by atoms with Gasteiger partial charge < -0.3 is 14.6 Å². The number of hydrogen-bond acceptors (Lipinski definition) is 6. The number of rotatable bonds is 2. The molecule has 6 nitrogen and oxygen atoms in total. The van der Waals surface area contributed by atoms with Gasteiger partial charge in [-0.15, -0.1) is 0 Å². The van der Waals surface area contributed by atoms with Crippen molar-refractivity contribution in [2.75, 3.05) is 5.73 Å². The number of imidazole rings is 1. The lowest BCUT2D eigenvalue weighted by atomic mass is 10.6. The zero-order valence-corrected chi connectivity index (χ0v) is 9.81. The Morgan fingerprint density at radius 2 is 2.29 bits per heavy atom. The van der Waals surface area contributed by atoms with Crippen LogP contribution >= 0.6 is 11.8 Å². The minimum atomic E-state index is 0.432. The van der Waals surface area contributed by atoms with Crippen molar-refractivity contribution in [3.8, 4) is 0 Å². The first-order chi connectivity index (χ1) is 8.22. The number of nitrogen functional groups attached to an aromatic ring is 1. The van der Waals surface area contributed by atoms with Crippen LogP contribution in [0.5, 0.6) is 0 Å². The molecule has 0 radical (unpaired) electrons. The number of aryl methyl sites for hydroxylation is 1. The number of fused-ring (bicyclic) bond motifs is 1. The average molecular weight is 247 g/mol. The summed E-state index contributed by atoms with van der Waals surface area (Å²) >= 11 is 1.30. The number of oxazole rings is 1. The smallest absolute Gasteiger partial charge is 0.262 e. The van der Waals surface area contributed by atoms with Crippen molar-refractivity contribution >= 4 is 23.2 Å². The predicted molar refractivity (Wildman–Crippen MR) is 62.8 cm³/mol. The molecular formula is C10H9N5OS. The van der Waals surface area contributed by atoms with E-state index in [4.69, 9.17) is 10.2 Å². The van der Waals surface area contributed by atoms with E-state index in [9.17, 15) is 0 Å². The quantitative estimate of drug-likeness (QED) is 0.743. The average Bonchev–Trinajstić information content (AvgIpc) is 2.87. The maximum atomic E-state index is 5.72. The van der Waals surface area contributed by atoms with Crippen molar-refractivity contribution in [2.24, 2.45) is 0 Å². The number of hydrogen-bond donors (Lipinski definition) is 1. The molecule has 0 bridgehead atoms. The first kappa shape index (κ1) is 10.2. The van der Waals surface area contributed by atoms with Crippen LogP contribution in [0.4, 0.5) is 5.82 Å². The highest BCUT2D eigenvalue weighted by Crippen LogP contribution is 2.28. The molecule has 3 heterocycles. The van der Waals surface area contributed by atoms with E-state index in [1.807, 2.05) is 17.5 Å². The molecule has 3 aromatic rings. The minimum absolute atomic E-state index is 0.432. The standard InChI is InChI=1S/C10H9N5OS/c1-6-5-16-10(13-6)17-9-8-12-2-3-15(8)4-7(11)14-9/h2-5H,11H2,1H3. The van der Waals surface area contributed by atoms with E-state index in [1.54, 1.807) is 18.7 Å². The maximum absolute atomic E-state index is 5.72. The molecule has 0 saturated carbocycles. The lowest BCUT2D eigenvalue weighted by Gasteiger charge is -2.01. The van der Waals surface area contributed by atoms with Crippen molar-refractivity contribution < 1.29 is 4.42 Å². The normalized spacial score (nSPS) is 11.1. The second-order valence-electron chi connectivity index (χ2n) is 3.49. The van der Waals surface area contributed by atoms with E-state index in [-0.39, 0.29) is 0 Å². The number of aromatic nitrogens is 4. The van der Waals surface area contributed by atoms with E-state index in [0.29, 0.717) is 16.1 Å². The van der Waals surface area contributed by atoms with Crippen molar-refractivity contribution in [2.45, 2.75) is 17.2 Å². The zero-order chi connectivity index (χ0) is 11.8. The van der Waals surface area contributed by atoms with Gasteiger partial charge in [-0.3, -0.25) is 0 Å². The largest absolute Gasteiger partial charge is 0.439 e. The van der Waals surface area contributed by atoms with Gasteiger partial charge in [-0.2, -0.15) is 0 Å². The topological polar surface area (TPSA) is 82.2 Å². The third kappa shape index (κ3) is 1.84. The molecule has 3 aromatic heterocycles. The fourth-order valence-corrected chi connectivity index (χ4v) is 2.30. The van der Waals surface area contributed by atoms with Crippen molar-refractivity contribution in [3.05, 3.63) is 30.5 Å². The van der Waals surface area contributed by atoms with Crippen LogP contribution in [0.3, 0.4) is 0 Å². The number of nitrogens with zero attached hydrogens (tertiary/aromatic N) is 4. The molecule has 7 heteroatoms. The minimum Gasteiger partial charge on any atom is -0.439 e. The van der Waals surface area contributed by atoms with Crippen LogP contribution in [0.25, 0.3) is 5.65 Å². The summed E-state index contributed by atoms with van der Waals surface area (Å²) in [7, 11) is 0. The Morgan fingerprint density at radius 3 is 3.06 bits per heavy atom. The molecule has 0 aliphatic heterocycles. The van der Waals surface area contributed by atoms with Crippen molar-refractivity contribution in [3.63, 3.8) is 0 Å². The van der Waals surface area contributed by atoms with Gasteiger partial charge in [-0.05, 0) is 18.7 Å². The van der Waals surface area contributed by atoms with Gasteiger partial charge in [0.2, 0.25) is 0 Å². The van der Waals surface area contributed by atoms with Crippen LogP contribution in [-0.4, -0.2) is 19.4 Å². The van der Waals surface area contributed by atoms with Crippen LogP contribution in [0.15, 0.2) is 39.5 Å². The summed E-state index contributed by atoms with van der Waals surface area (Å²) in [6, 6.07) is 0. The third-order valence-electron chi connectivity index (χ3n) is 2.14. The van der Waals surface area contributed by atoms with E-state index in [1.165, 1.54) is 11.8 Å². The Morgan fingerprint density at radius 1 is 1.41 bits per heavy atom. The summed E-state index contributed by atoms with van der Waals surface area (Å²) in [5.74, 6) is 0.432. The van der Waals surface area contributed by atoms with Gasteiger partial charge >= 0.3 is 0 Å². The first-order valence-corrected chi connectivity index (χ1v) is 5.73. The summed E-state index contributed by atoms with van der Waals surface area (Å²) in [5, 5.41) is 1.21. The number of nitrogens with two attached hydrogens (primary N) is 1. The molecule has 0 saturated heterocycles. The third-order valence-corrected chi connectivity index (χ3v) is 2.97. The zero-order valence-electron chi connectivity index (χ0n) is 8.99. The second-order valence-corrected chi connectivity index (χ2v) is 4.43. The fraction of sp³-hybridized carbons (Fsp3) is 0.100. The highest BCUT2D eigenvalue weighted by atomic mass is 32.2. The molecule has 3 rings (SSSR count). The van der Waals surface area contributed by atoms with Gasteiger partial charge in [0.1, 0.15) is 12.1 Å². The molecule has 0 spiro atoms. The molecular weight excluding hydrogens is 238 g/mol. The van der Waals surface area contributed by atoms with E-state index in [0.717, 1.165) is 11.3 Å². The first-order valence-electron chi connectivity index (χ1n) is 4.91. The number of anilines is 1. The molecule has 0 fully saturated rings. The molecule has 0 aromatic carbocycles. The summed E-state index contributed by atoms with van der Waals surface area (Å²) in [6.07, 6.45) is 6.82. The fourth-order valence-electron chi connectivity index (χ4n) is 1.45. The van der Waals surface area contributed by atoms with Crippen LogP contribution in [0.2, 0.25) is 0 Å². The molecule has 0 unspecified atom stereocenters. The SMILES string of the molecule is Cc1coc(Sc2nc(N)cn3ccnc23)n1. The molecule has 0 atom stereocenters. The van der Waals surface area contributed by atoms with E-state index < -0.39 is 0 Å². The monoisotopic (exact) mass is 247 g/mol. The summed E-state index contributed by atoms with van der Waals surface area (Å²) in [6.45, 7) is 1.87. The molecule has 0 amide bonds. The van der Waals surface area contributed by atoms with E-state index >= 15 is 0 Å². The van der Waals surface area contributed by atoms with Crippen LogP contribution < -0.4 is 5.73 Å². The van der Waals surface area contributed by atoms with Gasteiger partial charge in [0.15, 0.2) is 10.7 Å². The Kier molecular flexibility index (Phi) is 2.25. The van der Waals surface area contributed by atoms with Crippen LogP contribution in [0, 0.1) is 6.92 Å². The van der Waals surface area contributed by atoms with Gasteiger partial charge in [-0.1, -0.05) is 0 Å². The molecule has 0 aliphatic carbocycles. The van der Waals surface area contributed by atoms with Crippen molar-refractivity contribution in [1.82, 2.24) is 19.4 Å². The second kappa shape index (κ2) is 3.77. The Bertz CT molecular complexity index is 674. The van der Waals surface area contributed by atoms with Crippen LogP contribution in [-0.2, 0) is 0 Å². The molecule has 2 N–H and O–H groups in total. The highest BCUT2D eigenvalue weighted by Gasteiger charge is 2.11. The molecule has 0 aliphatic rings. The lowest BCUT2D eigenvalue weighted by Crippen LogP contribution is -1.97. The van der Waals surface area contributed by atoms with Crippen molar-refractivity contribution in [1.29, 1.82) is 0 Å². The van der Waals surface area contributed by atoms with Crippen LogP contribution in [0.1, 0.15) is 5.69 Å². The summed E-state index contributed by atoms with van der Waals surface area (Å²) < 4.78 is 7.09. The lowest BCUT2D eigenvalue weighted by molar-refractivity contribution is 0.454. The summed E-state index contributed by atoms with van der Waals surface area (Å²) in [5.41, 5.74) is 7.28. The Labute approximate surface area is 101 Å². The molecule has 86 valence electrons. The van der Waals surface area contributed by atoms with Gasteiger partial charge in [0, 0.05) is 12.4 Å². The maximum Gasteiger partial charge on any atom is 0.262 e. The highest BCUT2D eigenvalue weighted by molar-refractivity contribution is 7.99. The summed E-state index contributed by atoms with van der Waals surface area (Å²) in [4.78, 5) is 12.7. The predicted octanol–water partition coefficient (Wildman–Crippen LogP) is 1.76. The van der Waals surface area contributed by atoms with Gasteiger partial charge in [0.05, 0.1) is 11.9 Å². The van der Waals surface area contributed by atoms with Gasteiger partial charge in [0.25, 0.3) is 5.22 Å². The Hall–Kier alpha value is -2.02. The van der Waals surface area contributed by atoms with Gasteiger partial charge in [-0.25, -0.2) is 15.0 Å². The Balaban J connectivity index is 2.07. The molecule has 17 heavy (non-hydrogen) atoms.